The number of thioether (sulfide) groups is 1. The summed E-state index contributed by atoms with van der Waals surface area (Å²) in [5.74, 6) is 0.432. The number of nitrogens with one attached hydrogen (secondary N) is 1. The summed E-state index contributed by atoms with van der Waals surface area (Å²) in [5.41, 5.74) is 0.0453. The largest absolute Gasteiger partial charge is 0.324 e. The Morgan fingerprint density at radius 1 is 1.54 bits per heavy atom. The number of amides is 1. The van der Waals surface area contributed by atoms with E-state index in [1.807, 2.05) is 11.5 Å². The number of carbonyl (C=O) groups is 1. The molecule has 8 nitrogen and oxygen atoms in total. The highest BCUT2D eigenvalue weighted by molar-refractivity contribution is 7.99. The minimum absolute atomic E-state index is 0.0638. The lowest BCUT2D eigenvalue weighted by molar-refractivity contribution is -0.384. The summed E-state index contributed by atoms with van der Waals surface area (Å²) in [6.45, 7) is 6.02. The van der Waals surface area contributed by atoms with E-state index < -0.39 is 4.92 Å². The van der Waals surface area contributed by atoms with Gasteiger partial charge in [-0.15, -0.1) is 16.8 Å². The molecule has 2 rings (SSSR count). The predicted octanol–water partition coefficient (Wildman–Crippen LogP) is 3.06. The number of aryl methyl sites for hydroxylation is 1. The van der Waals surface area contributed by atoms with Crippen LogP contribution in [0.3, 0.4) is 0 Å². The lowest BCUT2D eigenvalue weighted by Gasteiger charge is -2.08. The highest BCUT2D eigenvalue weighted by Crippen LogP contribution is 2.27. The minimum atomic E-state index is -0.554. The van der Waals surface area contributed by atoms with Crippen molar-refractivity contribution in [3.8, 4) is 0 Å². The molecule has 1 amide bonds. The van der Waals surface area contributed by atoms with Crippen molar-refractivity contribution in [3.05, 3.63) is 51.8 Å². The van der Waals surface area contributed by atoms with Crippen LogP contribution in [0, 0.1) is 17.0 Å². The topological polar surface area (TPSA) is 103 Å². The maximum Gasteiger partial charge on any atom is 0.271 e. The van der Waals surface area contributed by atoms with Gasteiger partial charge >= 0.3 is 0 Å². The number of rotatable bonds is 7. The molecule has 0 atom stereocenters. The fourth-order valence-electron chi connectivity index (χ4n) is 1.85. The van der Waals surface area contributed by atoms with Crippen molar-refractivity contribution in [3.63, 3.8) is 0 Å². The summed E-state index contributed by atoms with van der Waals surface area (Å²) in [7, 11) is 0. The number of hydrogen-bond acceptors (Lipinski definition) is 6. The van der Waals surface area contributed by atoms with E-state index in [0.29, 0.717) is 11.7 Å². The van der Waals surface area contributed by atoms with E-state index in [1.54, 1.807) is 6.08 Å². The Hall–Kier alpha value is -2.39. The van der Waals surface area contributed by atoms with Gasteiger partial charge in [-0.2, -0.15) is 0 Å². The second kappa shape index (κ2) is 7.93. The average Bonchev–Trinajstić information content (AvgIpc) is 2.88. The molecular formula is C14H14ClN5O3S. The number of carbonyl (C=O) groups excluding carboxylic acids is 1. The number of nitrogens with zero attached hydrogens (tertiary/aromatic N) is 4. The number of nitro benzene ring substituents is 1. The van der Waals surface area contributed by atoms with Gasteiger partial charge in [-0.25, -0.2) is 0 Å². The van der Waals surface area contributed by atoms with E-state index in [2.05, 4.69) is 22.1 Å². The molecule has 1 aromatic heterocycles. The Morgan fingerprint density at radius 3 is 2.96 bits per heavy atom. The van der Waals surface area contributed by atoms with E-state index >= 15 is 0 Å². The van der Waals surface area contributed by atoms with Crippen LogP contribution >= 0.6 is 23.4 Å². The fourth-order valence-corrected chi connectivity index (χ4v) is 2.80. The maximum absolute atomic E-state index is 12.1. The Balaban J connectivity index is 2.03. The van der Waals surface area contributed by atoms with Crippen molar-refractivity contribution >= 4 is 40.6 Å². The summed E-state index contributed by atoms with van der Waals surface area (Å²) in [5, 5.41) is 22.1. The van der Waals surface area contributed by atoms with Gasteiger partial charge in [0.2, 0.25) is 5.91 Å². The summed E-state index contributed by atoms with van der Waals surface area (Å²) >= 11 is 7.15. The Morgan fingerprint density at radius 2 is 2.29 bits per heavy atom. The molecule has 0 fully saturated rings. The molecule has 0 aliphatic rings. The van der Waals surface area contributed by atoms with Gasteiger partial charge < -0.3 is 9.88 Å². The first-order chi connectivity index (χ1) is 11.4. The lowest BCUT2D eigenvalue weighted by atomic mass is 10.3. The van der Waals surface area contributed by atoms with Crippen LogP contribution in [0.25, 0.3) is 0 Å². The number of allylic oxidation sites excluding steroid dienone is 1. The van der Waals surface area contributed by atoms with Gasteiger partial charge in [-0.1, -0.05) is 29.4 Å². The van der Waals surface area contributed by atoms with Gasteiger partial charge in [0.15, 0.2) is 5.16 Å². The lowest BCUT2D eigenvalue weighted by Crippen LogP contribution is -2.15. The first kappa shape index (κ1) is 18.0. The minimum Gasteiger partial charge on any atom is -0.324 e. The second-order valence-electron chi connectivity index (χ2n) is 4.69. The molecule has 0 bridgehead atoms. The molecule has 0 spiro atoms. The van der Waals surface area contributed by atoms with Crippen LogP contribution in [0.1, 0.15) is 5.82 Å². The molecule has 0 aliphatic carbocycles. The molecule has 0 saturated carbocycles. The zero-order valence-electron chi connectivity index (χ0n) is 12.7. The first-order valence-corrected chi connectivity index (χ1v) is 8.16. The van der Waals surface area contributed by atoms with Gasteiger partial charge in [-0.05, 0) is 13.0 Å². The number of nitro groups is 1. The average molecular weight is 368 g/mol. The number of aromatic nitrogens is 3. The van der Waals surface area contributed by atoms with Crippen LogP contribution in [-0.2, 0) is 11.3 Å². The molecule has 1 heterocycles. The summed E-state index contributed by atoms with van der Waals surface area (Å²) < 4.78 is 1.82. The van der Waals surface area contributed by atoms with E-state index in [4.69, 9.17) is 11.6 Å². The summed E-state index contributed by atoms with van der Waals surface area (Å²) in [4.78, 5) is 22.3. The third kappa shape index (κ3) is 4.33. The molecule has 1 N–H and O–H groups in total. The standard InChI is InChI=1S/C14H14ClN5O3S/c1-3-6-19-9(2)17-18-14(19)24-8-13(21)16-12-7-10(20(22)23)4-5-11(12)15/h3-5,7H,1,6,8H2,2H3,(H,16,21). The quantitative estimate of drug-likeness (QED) is 0.349. The molecule has 10 heteroatoms. The van der Waals surface area contributed by atoms with Crippen molar-refractivity contribution in [2.24, 2.45) is 0 Å². The number of benzene rings is 1. The second-order valence-corrected chi connectivity index (χ2v) is 6.04. The van der Waals surface area contributed by atoms with Crippen LogP contribution in [0.2, 0.25) is 5.02 Å². The highest BCUT2D eigenvalue weighted by Gasteiger charge is 2.14. The molecule has 0 radical (unpaired) electrons. The first-order valence-electron chi connectivity index (χ1n) is 6.79. The molecule has 2 aromatic rings. The smallest absolute Gasteiger partial charge is 0.271 e. The van der Waals surface area contributed by atoms with Crippen LogP contribution in [-0.4, -0.2) is 31.3 Å². The maximum atomic E-state index is 12.1. The van der Waals surface area contributed by atoms with Crippen LogP contribution in [0.4, 0.5) is 11.4 Å². The van der Waals surface area contributed by atoms with Crippen molar-refractivity contribution in [2.45, 2.75) is 18.6 Å². The fraction of sp³-hybridized carbons (Fsp3) is 0.214. The van der Waals surface area contributed by atoms with Crippen LogP contribution in [0.5, 0.6) is 0 Å². The van der Waals surface area contributed by atoms with E-state index in [0.717, 1.165) is 5.82 Å². The highest BCUT2D eigenvalue weighted by atomic mass is 35.5. The van der Waals surface area contributed by atoms with Crippen molar-refractivity contribution in [2.75, 3.05) is 11.1 Å². The molecule has 126 valence electrons. The van der Waals surface area contributed by atoms with E-state index in [9.17, 15) is 14.9 Å². The van der Waals surface area contributed by atoms with Gasteiger partial charge in [0.25, 0.3) is 5.69 Å². The molecule has 0 aliphatic heterocycles. The number of anilines is 1. The molecular weight excluding hydrogens is 354 g/mol. The van der Waals surface area contributed by atoms with Crippen LogP contribution in [0.15, 0.2) is 36.0 Å². The van der Waals surface area contributed by atoms with Gasteiger partial charge in [0.05, 0.1) is 21.4 Å². The van der Waals surface area contributed by atoms with E-state index in [-0.39, 0.29) is 28.1 Å². The normalized spacial score (nSPS) is 10.4. The Kier molecular flexibility index (Phi) is 5.93. The van der Waals surface area contributed by atoms with Crippen molar-refractivity contribution in [1.82, 2.24) is 14.8 Å². The SMILES string of the molecule is C=CCn1c(C)nnc1SCC(=O)Nc1cc([N+](=O)[O-])ccc1Cl. The Labute approximate surface area is 147 Å². The van der Waals surface area contributed by atoms with Crippen LogP contribution < -0.4 is 5.32 Å². The third-order valence-electron chi connectivity index (χ3n) is 2.98. The molecule has 1 aromatic carbocycles. The summed E-state index contributed by atoms with van der Waals surface area (Å²) in [6.07, 6.45) is 1.71. The number of halogens is 1. The number of non-ortho nitro benzene ring substituents is 1. The molecule has 0 unspecified atom stereocenters. The van der Waals surface area contributed by atoms with Gasteiger partial charge in [0.1, 0.15) is 5.82 Å². The Bertz CT molecular complexity index is 793. The molecule has 0 saturated heterocycles. The predicted molar refractivity (Wildman–Crippen MR) is 92.4 cm³/mol. The zero-order valence-corrected chi connectivity index (χ0v) is 14.3. The number of hydrogen-bond donors (Lipinski definition) is 1. The zero-order chi connectivity index (χ0) is 17.7. The third-order valence-corrected chi connectivity index (χ3v) is 4.28. The monoisotopic (exact) mass is 367 g/mol. The van der Waals surface area contributed by atoms with Crippen molar-refractivity contribution in [1.29, 1.82) is 0 Å². The van der Waals surface area contributed by atoms with Gasteiger partial charge in [0, 0.05) is 18.7 Å². The van der Waals surface area contributed by atoms with Gasteiger partial charge in [-0.3, -0.25) is 14.9 Å². The van der Waals surface area contributed by atoms with E-state index in [1.165, 1.54) is 30.0 Å². The summed E-state index contributed by atoms with van der Waals surface area (Å²) in [6, 6.07) is 3.86. The molecule has 24 heavy (non-hydrogen) atoms. The van der Waals surface area contributed by atoms with Crippen molar-refractivity contribution < 1.29 is 9.72 Å².